The summed E-state index contributed by atoms with van der Waals surface area (Å²) >= 11 is 0. The van der Waals surface area contributed by atoms with E-state index in [2.05, 4.69) is 12.2 Å². The van der Waals surface area contributed by atoms with E-state index in [0.717, 1.165) is 60.5 Å². The number of benzene rings is 2. The van der Waals surface area contributed by atoms with Gasteiger partial charge in [-0.2, -0.15) is 5.10 Å². The topological polar surface area (TPSA) is 81.5 Å². The third-order valence-corrected chi connectivity index (χ3v) is 8.31. The van der Waals surface area contributed by atoms with Gasteiger partial charge in [-0.05, 0) is 73.6 Å². The fraction of sp³-hybridized carbons (Fsp3) is 0.424. The number of hydrogen-bond donors (Lipinski definition) is 1. The number of carbonyl (C=O) groups is 1. The third-order valence-electron chi connectivity index (χ3n) is 8.31. The van der Waals surface area contributed by atoms with Crippen molar-refractivity contribution in [3.05, 3.63) is 71.9 Å². The van der Waals surface area contributed by atoms with Crippen LogP contribution in [-0.2, 0) is 6.54 Å². The molecular formula is C33H39N5O3. The fourth-order valence-electron chi connectivity index (χ4n) is 6.06. The molecule has 8 nitrogen and oxygen atoms in total. The summed E-state index contributed by atoms with van der Waals surface area (Å²) in [6.45, 7) is 4.44. The highest BCUT2D eigenvalue weighted by atomic mass is 16.5. The highest BCUT2D eigenvalue weighted by Crippen LogP contribution is 2.36. The Kier molecular flexibility index (Phi) is 8.07. The van der Waals surface area contributed by atoms with Crippen molar-refractivity contribution in [2.75, 3.05) is 25.5 Å². The number of amides is 1. The molecule has 2 fully saturated rings. The number of likely N-dealkylation sites (tertiary alicyclic amines) is 1. The van der Waals surface area contributed by atoms with E-state index in [-0.39, 0.29) is 5.91 Å². The first kappa shape index (κ1) is 27.1. The summed E-state index contributed by atoms with van der Waals surface area (Å²) in [7, 11) is 1.67. The summed E-state index contributed by atoms with van der Waals surface area (Å²) in [6.07, 6.45) is 10.0. The quantitative estimate of drug-likeness (QED) is 0.256. The number of methoxy groups -OCH3 is 1. The van der Waals surface area contributed by atoms with E-state index in [1.165, 1.54) is 25.7 Å². The van der Waals surface area contributed by atoms with Gasteiger partial charge in [-0.15, -0.1) is 0 Å². The molecule has 6 rings (SSSR count). The van der Waals surface area contributed by atoms with Crippen molar-refractivity contribution < 1.29 is 14.3 Å². The Hall–Kier alpha value is -4.07. The highest BCUT2D eigenvalue weighted by Gasteiger charge is 2.23. The van der Waals surface area contributed by atoms with Crippen LogP contribution in [0.15, 0.2) is 60.8 Å². The average Bonchev–Trinajstić information content (AvgIpc) is 3.35. The normalized spacial score (nSPS) is 17.9. The molecule has 0 bridgehead atoms. The minimum atomic E-state index is 0.0909. The zero-order valence-electron chi connectivity index (χ0n) is 24.0. The van der Waals surface area contributed by atoms with Gasteiger partial charge in [-0.3, -0.25) is 4.79 Å². The molecule has 0 radical (unpaired) electrons. The van der Waals surface area contributed by atoms with E-state index in [9.17, 15) is 4.79 Å². The lowest BCUT2D eigenvalue weighted by Crippen LogP contribution is -2.39. The number of aromatic nitrogens is 3. The van der Waals surface area contributed by atoms with Crippen molar-refractivity contribution in [1.82, 2.24) is 19.7 Å². The maximum Gasteiger partial charge on any atom is 0.253 e. The first-order valence-corrected chi connectivity index (χ1v) is 14.9. The van der Waals surface area contributed by atoms with Crippen LogP contribution in [-0.4, -0.2) is 51.8 Å². The van der Waals surface area contributed by atoms with Gasteiger partial charge < -0.3 is 19.7 Å². The lowest BCUT2D eigenvalue weighted by Gasteiger charge is -2.31. The minimum absolute atomic E-state index is 0.0909. The predicted octanol–water partition coefficient (Wildman–Crippen LogP) is 6.90. The Balaban J connectivity index is 1.28. The second-order valence-corrected chi connectivity index (χ2v) is 11.5. The van der Waals surface area contributed by atoms with Gasteiger partial charge >= 0.3 is 0 Å². The zero-order valence-corrected chi connectivity index (χ0v) is 24.0. The first-order chi connectivity index (χ1) is 20.1. The molecule has 2 aliphatic rings. The Bertz CT molecular complexity index is 1480. The monoisotopic (exact) mass is 553 g/mol. The van der Waals surface area contributed by atoms with Crippen LogP contribution in [0.25, 0.3) is 11.0 Å². The van der Waals surface area contributed by atoms with Gasteiger partial charge in [0.1, 0.15) is 22.6 Å². The van der Waals surface area contributed by atoms with Crippen LogP contribution in [0.3, 0.4) is 0 Å². The Labute approximate surface area is 241 Å². The summed E-state index contributed by atoms with van der Waals surface area (Å²) in [5.41, 5.74) is 2.57. The molecule has 1 atom stereocenters. The molecule has 8 heteroatoms. The second kappa shape index (κ2) is 12.2. The molecule has 1 amide bonds. The van der Waals surface area contributed by atoms with E-state index in [1.54, 1.807) is 13.3 Å². The van der Waals surface area contributed by atoms with Crippen molar-refractivity contribution in [3.8, 4) is 17.2 Å². The van der Waals surface area contributed by atoms with Crippen LogP contribution in [0, 0.1) is 5.92 Å². The largest absolute Gasteiger partial charge is 0.497 e. The lowest BCUT2D eigenvalue weighted by atomic mass is 9.95. The van der Waals surface area contributed by atoms with Crippen LogP contribution >= 0.6 is 0 Å². The van der Waals surface area contributed by atoms with E-state index in [4.69, 9.17) is 19.6 Å². The Morgan fingerprint density at radius 3 is 2.44 bits per heavy atom. The maximum atomic E-state index is 13.1. The summed E-state index contributed by atoms with van der Waals surface area (Å²) in [5.74, 6) is 3.63. The molecule has 3 heterocycles. The SMILES string of the molecule is COc1ccc(Cn2nc(NC3CCCCC3)c3c(Oc4ccc(C(=O)N5CCCC(C)C5)cc4)ccnc32)cc1. The third kappa shape index (κ3) is 6.16. The molecule has 1 unspecified atom stereocenters. The number of nitrogens with one attached hydrogen (secondary N) is 1. The van der Waals surface area contributed by atoms with Gasteiger partial charge in [-0.1, -0.05) is 38.3 Å². The molecule has 4 aromatic rings. The second-order valence-electron chi connectivity index (χ2n) is 11.5. The van der Waals surface area contributed by atoms with Gasteiger partial charge in [-0.25, -0.2) is 9.67 Å². The number of nitrogens with zero attached hydrogens (tertiary/aromatic N) is 4. The Morgan fingerprint density at radius 2 is 1.71 bits per heavy atom. The van der Waals surface area contributed by atoms with Gasteiger partial charge in [0.15, 0.2) is 11.5 Å². The van der Waals surface area contributed by atoms with Crippen molar-refractivity contribution in [3.63, 3.8) is 0 Å². The van der Waals surface area contributed by atoms with Gasteiger partial charge in [0, 0.05) is 37.0 Å². The Morgan fingerprint density at radius 1 is 0.951 bits per heavy atom. The molecule has 1 aliphatic heterocycles. The molecule has 2 aromatic heterocycles. The standard InChI is InChI=1S/C33H39N5O3/c1-23-7-6-20-37(21-23)33(39)25-12-16-28(17-13-25)41-29-18-19-34-32-30(29)31(35-26-8-4-3-5-9-26)36-38(32)22-24-10-14-27(40-2)15-11-24/h10-19,23,26H,3-9,20-22H2,1-2H3,(H,35,36). The number of ether oxygens (including phenoxy) is 2. The van der Waals surface area contributed by atoms with Crippen LogP contribution in [0.2, 0.25) is 0 Å². The molecule has 1 saturated carbocycles. The molecule has 2 aromatic carbocycles. The number of anilines is 1. The van der Waals surface area contributed by atoms with Crippen LogP contribution < -0.4 is 14.8 Å². The number of rotatable bonds is 8. The summed E-state index contributed by atoms with van der Waals surface area (Å²) in [6, 6.07) is 17.8. The number of pyridine rings is 1. The fourth-order valence-corrected chi connectivity index (χ4v) is 6.06. The summed E-state index contributed by atoms with van der Waals surface area (Å²) in [4.78, 5) is 19.8. The molecule has 1 saturated heterocycles. The zero-order chi connectivity index (χ0) is 28.2. The van der Waals surface area contributed by atoms with E-state index in [1.807, 2.05) is 64.2 Å². The van der Waals surface area contributed by atoms with E-state index in [0.29, 0.717) is 35.6 Å². The van der Waals surface area contributed by atoms with Crippen molar-refractivity contribution >= 4 is 22.8 Å². The van der Waals surface area contributed by atoms with Crippen LogP contribution in [0.5, 0.6) is 17.2 Å². The van der Waals surface area contributed by atoms with Crippen molar-refractivity contribution in [2.24, 2.45) is 5.92 Å². The van der Waals surface area contributed by atoms with Crippen molar-refractivity contribution in [1.29, 1.82) is 0 Å². The molecule has 41 heavy (non-hydrogen) atoms. The lowest BCUT2D eigenvalue weighted by molar-refractivity contribution is 0.0683. The average molecular weight is 554 g/mol. The van der Waals surface area contributed by atoms with E-state index >= 15 is 0 Å². The van der Waals surface area contributed by atoms with Gasteiger partial charge in [0.2, 0.25) is 0 Å². The molecule has 1 aliphatic carbocycles. The first-order valence-electron chi connectivity index (χ1n) is 14.9. The van der Waals surface area contributed by atoms with Crippen LogP contribution in [0.4, 0.5) is 5.82 Å². The number of fused-ring (bicyclic) bond motifs is 1. The number of piperidine rings is 1. The van der Waals surface area contributed by atoms with E-state index < -0.39 is 0 Å². The predicted molar refractivity (Wildman–Crippen MR) is 161 cm³/mol. The molecule has 0 spiro atoms. The van der Waals surface area contributed by atoms with Crippen molar-refractivity contribution in [2.45, 2.75) is 64.5 Å². The smallest absolute Gasteiger partial charge is 0.253 e. The minimum Gasteiger partial charge on any atom is -0.497 e. The summed E-state index contributed by atoms with van der Waals surface area (Å²) < 4.78 is 13.7. The maximum absolute atomic E-state index is 13.1. The molecule has 214 valence electrons. The van der Waals surface area contributed by atoms with Crippen LogP contribution in [0.1, 0.15) is 67.8 Å². The summed E-state index contributed by atoms with van der Waals surface area (Å²) in [5, 5.41) is 9.59. The van der Waals surface area contributed by atoms with Gasteiger partial charge in [0.05, 0.1) is 13.7 Å². The highest BCUT2D eigenvalue weighted by molar-refractivity contribution is 5.95. The van der Waals surface area contributed by atoms with Gasteiger partial charge in [0.25, 0.3) is 5.91 Å². The molecule has 1 N–H and O–H groups in total. The number of hydrogen-bond acceptors (Lipinski definition) is 6. The molecular weight excluding hydrogens is 514 g/mol. The number of carbonyl (C=O) groups excluding carboxylic acids is 1.